The number of nitro benzene ring substituents is 1. The number of thiazole rings is 1. The highest BCUT2D eigenvalue weighted by Crippen LogP contribution is 2.32. The summed E-state index contributed by atoms with van der Waals surface area (Å²) in [7, 11) is 0.367. The number of nitrogens with zero attached hydrogens (tertiary/aromatic N) is 4. The minimum absolute atomic E-state index is 0.125. The van der Waals surface area contributed by atoms with Gasteiger partial charge in [0.15, 0.2) is 15.0 Å². The molecule has 0 aliphatic heterocycles. The molecule has 164 valence electrons. The van der Waals surface area contributed by atoms with Gasteiger partial charge in [0.25, 0.3) is 11.6 Å². The number of sulfone groups is 1. The number of fused-ring (bicyclic) bond motifs is 1. The van der Waals surface area contributed by atoms with Crippen molar-refractivity contribution in [2.24, 2.45) is 0 Å². The van der Waals surface area contributed by atoms with E-state index >= 15 is 0 Å². The quantitative estimate of drug-likeness (QED) is 0.391. The topological polar surface area (TPSA) is 114 Å². The van der Waals surface area contributed by atoms with Crippen LogP contribution in [0.5, 0.6) is 0 Å². The summed E-state index contributed by atoms with van der Waals surface area (Å²) in [6.07, 6.45) is 1.13. The normalized spacial score (nSPS) is 11.8. The van der Waals surface area contributed by atoms with Crippen LogP contribution in [-0.4, -0.2) is 62.6 Å². The summed E-state index contributed by atoms with van der Waals surface area (Å²) in [5, 5.41) is 11.7. The van der Waals surface area contributed by atoms with Gasteiger partial charge in [-0.1, -0.05) is 17.4 Å². The summed E-state index contributed by atoms with van der Waals surface area (Å²) in [6.45, 7) is 2.47. The van der Waals surface area contributed by atoms with Crippen molar-refractivity contribution in [3.63, 3.8) is 0 Å². The molecule has 3 aromatic rings. The number of hydrogen-bond donors (Lipinski definition) is 0. The molecule has 1 heterocycles. The zero-order valence-corrected chi connectivity index (χ0v) is 19.2. The van der Waals surface area contributed by atoms with Crippen LogP contribution in [0.1, 0.15) is 15.9 Å². The zero-order chi connectivity index (χ0) is 22.9. The van der Waals surface area contributed by atoms with E-state index in [1.165, 1.54) is 34.4 Å². The zero-order valence-electron chi connectivity index (χ0n) is 17.5. The molecule has 31 heavy (non-hydrogen) atoms. The monoisotopic (exact) mass is 462 g/mol. The first-order chi connectivity index (χ1) is 14.5. The van der Waals surface area contributed by atoms with Gasteiger partial charge in [0, 0.05) is 36.5 Å². The number of rotatable bonds is 7. The van der Waals surface area contributed by atoms with Crippen molar-refractivity contribution in [1.82, 2.24) is 9.88 Å². The predicted octanol–water partition coefficient (Wildman–Crippen LogP) is 3.12. The van der Waals surface area contributed by atoms with E-state index in [9.17, 15) is 23.3 Å². The van der Waals surface area contributed by atoms with E-state index in [2.05, 4.69) is 4.98 Å². The fourth-order valence-corrected chi connectivity index (χ4v) is 4.67. The fourth-order valence-electron chi connectivity index (χ4n) is 2.92. The predicted molar refractivity (Wildman–Crippen MR) is 121 cm³/mol. The average molecular weight is 463 g/mol. The summed E-state index contributed by atoms with van der Waals surface area (Å²) in [5.41, 5.74) is 1.10. The van der Waals surface area contributed by atoms with Crippen LogP contribution in [0.3, 0.4) is 0 Å². The number of carbonyl (C=O) groups excluding carboxylic acids is 1. The van der Waals surface area contributed by atoms with Crippen molar-refractivity contribution in [3.8, 4) is 0 Å². The van der Waals surface area contributed by atoms with Crippen molar-refractivity contribution < 1.29 is 18.1 Å². The van der Waals surface area contributed by atoms with Crippen LogP contribution in [0.4, 0.5) is 10.8 Å². The maximum atomic E-state index is 13.3. The molecule has 2 aromatic carbocycles. The fraction of sp³-hybridized carbons (Fsp3) is 0.300. The third-order valence-corrected chi connectivity index (χ3v) is 6.83. The molecule has 0 aliphatic rings. The lowest BCUT2D eigenvalue weighted by atomic mass is 10.1. The Morgan fingerprint density at radius 2 is 1.87 bits per heavy atom. The van der Waals surface area contributed by atoms with Gasteiger partial charge in [-0.05, 0) is 45.3 Å². The summed E-state index contributed by atoms with van der Waals surface area (Å²) in [4.78, 5) is 32.2. The molecule has 9 nitrogen and oxygen atoms in total. The first-order valence-corrected chi connectivity index (χ1v) is 12.0. The Kier molecular flexibility index (Phi) is 6.39. The Balaban J connectivity index is 2.06. The Bertz CT molecular complexity index is 1270. The van der Waals surface area contributed by atoms with Crippen LogP contribution in [0.2, 0.25) is 0 Å². The Hall–Kier alpha value is -2.89. The van der Waals surface area contributed by atoms with E-state index < -0.39 is 20.7 Å². The number of nitro groups is 1. The maximum absolute atomic E-state index is 13.3. The number of carbonyl (C=O) groups is 1. The second kappa shape index (κ2) is 8.69. The first kappa shape index (κ1) is 22.8. The molecule has 3 rings (SSSR count). The molecule has 0 aliphatic carbocycles. The van der Waals surface area contributed by atoms with Gasteiger partial charge in [0.2, 0.25) is 0 Å². The number of aromatic nitrogens is 1. The molecule has 0 saturated heterocycles. The molecule has 0 atom stereocenters. The van der Waals surface area contributed by atoms with Crippen molar-refractivity contribution in [1.29, 1.82) is 0 Å². The van der Waals surface area contributed by atoms with Gasteiger partial charge in [-0.3, -0.25) is 19.8 Å². The number of likely N-dealkylation sites (N-methyl/N-ethyl adjacent to an activating group) is 1. The van der Waals surface area contributed by atoms with E-state index in [0.29, 0.717) is 34.0 Å². The van der Waals surface area contributed by atoms with E-state index in [-0.39, 0.29) is 16.1 Å². The number of aryl methyl sites for hydroxylation is 1. The summed E-state index contributed by atoms with van der Waals surface area (Å²) in [5.74, 6) is -0.410. The summed E-state index contributed by atoms with van der Waals surface area (Å²) < 4.78 is 24.4. The van der Waals surface area contributed by atoms with Crippen LogP contribution >= 0.6 is 11.3 Å². The molecular weight excluding hydrogens is 440 g/mol. The van der Waals surface area contributed by atoms with Crippen LogP contribution in [0.25, 0.3) is 10.2 Å². The lowest BCUT2D eigenvalue weighted by Crippen LogP contribution is -2.36. The minimum Gasteiger partial charge on any atom is -0.308 e. The Morgan fingerprint density at radius 3 is 2.48 bits per heavy atom. The number of amides is 1. The third kappa shape index (κ3) is 5.06. The average Bonchev–Trinajstić information content (AvgIpc) is 3.10. The van der Waals surface area contributed by atoms with Gasteiger partial charge in [-0.15, -0.1) is 0 Å². The second-order valence-corrected chi connectivity index (χ2v) is 10.4. The molecule has 1 amide bonds. The third-order valence-electron chi connectivity index (χ3n) is 4.68. The SMILES string of the molecule is Cc1ccc(C(=O)N(CCN(C)C)c2nc3ccc(S(C)(=O)=O)cc3s2)cc1[N+](=O)[O-]. The molecule has 0 N–H and O–H groups in total. The van der Waals surface area contributed by atoms with E-state index in [1.54, 1.807) is 25.1 Å². The van der Waals surface area contributed by atoms with Crippen molar-refractivity contribution >= 4 is 48.1 Å². The van der Waals surface area contributed by atoms with Crippen LogP contribution < -0.4 is 4.90 Å². The van der Waals surface area contributed by atoms with Gasteiger partial charge in [0.05, 0.1) is 20.0 Å². The molecular formula is C20H22N4O5S2. The maximum Gasteiger partial charge on any atom is 0.273 e. The Morgan fingerprint density at radius 1 is 1.16 bits per heavy atom. The van der Waals surface area contributed by atoms with Crippen molar-refractivity contribution in [2.45, 2.75) is 11.8 Å². The van der Waals surface area contributed by atoms with Gasteiger partial charge in [0.1, 0.15) is 0 Å². The van der Waals surface area contributed by atoms with E-state index in [0.717, 1.165) is 6.26 Å². The molecule has 0 fully saturated rings. The lowest BCUT2D eigenvalue weighted by Gasteiger charge is -2.22. The number of anilines is 1. The summed E-state index contributed by atoms with van der Waals surface area (Å²) >= 11 is 1.20. The standard InChI is InChI=1S/C20H22N4O5S2/c1-13-5-6-14(11-17(13)24(26)27)19(25)23(10-9-22(2)3)20-21-16-8-7-15(31(4,28)29)12-18(16)30-20/h5-8,11-12H,9-10H2,1-4H3. The minimum atomic E-state index is -3.38. The smallest absolute Gasteiger partial charge is 0.273 e. The molecule has 0 saturated carbocycles. The van der Waals surface area contributed by atoms with Crippen molar-refractivity contribution in [2.75, 3.05) is 38.3 Å². The molecule has 0 unspecified atom stereocenters. The van der Waals surface area contributed by atoms with Gasteiger partial charge < -0.3 is 4.90 Å². The van der Waals surface area contributed by atoms with E-state index in [1.807, 2.05) is 19.0 Å². The highest BCUT2D eigenvalue weighted by atomic mass is 32.2. The molecule has 0 spiro atoms. The van der Waals surface area contributed by atoms with Crippen molar-refractivity contribution in [3.05, 3.63) is 57.6 Å². The second-order valence-electron chi connectivity index (χ2n) is 7.42. The largest absolute Gasteiger partial charge is 0.308 e. The highest BCUT2D eigenvalue weighted by molar-refractivity contribution is 7.90. The van der Waals surface area contributed by atoms with Crippen LogP contribution in [-0.2, 0) is 9.84 Å². The number of benzene rings is 2. The highest BCUT2D eigenvalue weighted by Gasteiger charge is 2.24. The Labute approximate surface area is 184 Å². The van der Waals surface area contributed by atoms with Crippen LogP contribution in [0, 0.1) is 17.0 Å². The lowest BCUT2D eigenvalue weighted by molar-refractivity contribution is -0.385. The molecule has 0 radical (unpaired) electrons. The van der Waals surface area contributed by atoms with Gasteiger partial charge in [-0.25, -0.2) is 13.4 Å². The van der Waals surface area contributed by atoms with Crippen LogP contribution in [0.15, 0.2) is 41.3 Å². The van der Waals surface area contributed by atoms with Gasteiger partial charge >= 0.3 is 0 Å². The molecule has 1 aromatic heterocycles. The van der Waals surface area contributed by atoms with Gasteiger partial charge in [-0.2, -0.15) is 0 Å². The van der Waals surface area contributed by atoms with E-state index in [4.69, 9.17) is 0 Å². The first-order valence-electron chi connectivity index (χ1n) is 9.29. The molecule has 11 heteroatoms. The number of hydrogen-bond acceptors (Lipinski definition) is 8. The summed E-state index contributed by atoms with van der Waals surface area (Å²) in [6, 6.07) is 9.01. The molecule has 0 bridgehead atoms.